The minimum absolute atomic E-state index is 0.162. The molecule has 112 valence electrons. The molecule has 0 bridgehead atoms. The molecule has 0 radical (unpaired) electrons. The Balaban J connectivity index is 2.40. The molecule has 0 aliphatic rings. The van der Waals surface area contributed by atoms with Crippen LogP contribution >= 0.6 is 0 Å². The van der Waals surface area contributed by atoms with E-state index >= 15 is 0 Å². The molecule has 3 nitrogen and oxygen atoms in total. The normalized spacial score (nSPS) is 12.2. The number of nitrogens with one attached hydrogen (secondary N) is 1. The number of hydrogen-bond acceptors (Lipinski definition) is 3. The van der Waals surface area contributed by atoms with Gasteiger partial charge in [0.05, 0.1) is 18.8 Å². The Bertz CT molecular complexity index is 605. The number of nitrogens with zero attached hydrogens (tertiary/aromatic N) is 1. The van der Waals surface area contributed by atoms with Gasteiger partial charge in [-0.3, -0.25) is 4.98 Å². The van der Waals surface area contributed by atoms with E-state index in [0.29, 0.717) is 12.1 Å². The zero-order chi connectivity index (χ0) is 15.2. The lowest BCUT2D eigenvalue weighted by molar-refractivity contribution is 0.385. The van der Waals surface area contributed by atoms with Crippen LogP contribution in [-0.2, 0) is 0 Å². The zero-order valence-electron chi connectivity index (χ0n) is 12.1. The summed E-state index contributed by atoms with van der Waals surface area (Å²) in [6.07, 6.45) is 2.41. The van der Waals surface area contributed by atoms with Crippen LogP contribution in [0.2, 0.25) is 0 Å². The van der Waals surface area contributed by atoms with E-state index in [1.54, 1.807) is 6.07 Å². The Hall–Kier alpha value is -2.01. The topological polar surface area (TPSA) is 34.1 Å². The number of pyridine rings is 1. The van der Waals surface area contributed by atoms with Crippen LogP contribution in [0, 0.1) is 11.6 Å². The molecule has 2 rings (SSSR count). The third-order valence-electron chi connectivity index (χ3n) is 3.17. The lowest BCUT2D eigenvalue weighted by Gasteiger charge is -2.19. The molecule has 0 saturated heterocycles. The minimum atomic E-state index is -0.494. The van der Waals surface area contributed by atoms with Crippen molar-refractivity contribution in [3.8, 4) is 5.75 Å². The average molecular weight is 292 g/mol. The summed E-state index contributed by atoms with van der Waals surface area (Å²) in [5.41, 5.74) is 0.870. The van der Waals surface area contributed by atoms with Gasteiger partial charge in [0.2, 0.25) is 0 Å². The van der Waals surface area contributed by atoms with E-state index in [0.717, 1.165) is 6.42 Å². The van der Waals surface area contributed by atoms with Gasteiger partial charge in [-0.1, -0.05) is 13.0 Å². The smallest absolute Gasteiger partial charge is 0.165 e. The van der Waals surface area contributed by atoms with Crippen LogP contribution in [0.3, 0.4) is 0 Å². The molecule has 1 unspecified atom stereocenters. The molecule has 1 aromatic heterocycles. The van der Waals surface area contributed by atoms with Gasteiger partial charge >= 0.3 is 0 Å². The summed E-state index contributed by atoms with van der Waals surface area (Å²) in [5, 5.41) is 3.20. The Morgan fingerprint density at radius 3 is 2.67 bits per heavy atom. The van der Waals surface area contributed by atoms with E-state index in [9.17, 15) is 8.78 Å². The largest absolute Gasteiger partial charge is 0.494 e. The van der Waals surface area contributed by atoms with Crippen LogP contribution in [-0.4, -0.2) is 18.6 Å². The van der Waals surface area contributed by atoms with Gasteiger partial charge in [0.1, 0.15) is 5.82 Å². The molecule has 0 spiro atoms. The molecule has 1 N–H and O–H groups in total. The average Bonchev–Trinajstić information content (AvgIpc) is 2.49. The van der Waals surface area contributed by atoms with Crippen molar-refractivity contribution in [2.75, 3.05) is 13.7 Å². The molecular formula is C16H18F2N2O. The molecule has 2 aromatic rings. The molecule has 5 heteroatoms. The fourth-order valence-electron chi connectivity index (χ4n) is 2.13. The SMILES string of the molecule is CCCNC(c1ccc(OC)c(F)c1)c1ncccc1F. The van der Waals surface area contributed by atoms with Crippen LogP contribution in [0.25, 0.3) is 0 Å². The summed E-state index contributed by atoms with van der Waals surface area (Å²) in [7, 11) is 1.41. The van der Waals surface area contributed by atoms with Gasteiger partial charge in [-0.2, -0.15) is 0 Å². The van der Waals surface area contributed by atoms with Crippen LogP contribution in [0.5, 0.6) is 5.75 Å². The highest BCUT2D eigenvalue weighted by atomic mass is 19.1. The zero-order valence-corrected chi connectivity index (χ0v) is 12.1. The standard InChI is InChI=1S/C16H18F2N2O/c1-3-8-19-15(16-12(17)5-4-9-20-16)11-6-7-14(21-2)13(18)10-11/h4-7,9-10,15,19H,3,8H2,1-2H3. The van der Waals surface area contributed by atoms with Crippen molar-refractivity contribution in [2.45, 2.75) is 19.4 Å². The first kappa shape index (κ1) is 15.4. The van der Waals surface area contributed by atoms with Crippen molar-refractivity contribution in [1.82, 2.24) is 10.3 Å². The van der Waals surface area contributed by atoms with Crippen molar-refractivity contribution in [2.24, 2.45) is 0 Å². The fraction of sp³-hybridized carbons (Fsp3) is 0.312. The van der Waals surface area contributed by atoms with Gasteiger partial charge in [-0.05, 0) is 42.8 Å². The summed E-state index contributed by atoms with van der Waals surface area (Å²) in [6.45, 7) is 2.68. The first-order valence-electron chi connectivity index (χ1n) is 6.84. The maximum absolute atomic E-state index is 14.0. The van der Waals surface area contributed by atoms with Gasteiger partial charge in [0.25, 0.3) is 0 Å². The predicted octanol–water partition coefficient (Wildman–Crippen LogP) is 3.46. The number of hydrogen-bond donors (Lipinski definition) is 1. The maximum Gasteiger partial charge on any atom is 0.165 e. The maximum atomic E-state index is 14.0. The van der Waals surface area contributed by atoms with Gasteiger partial charge in [-0.15, -0.1) is 0 Å². The number of aromatic nitrogens is 1. The van der Waals surface area contributed by atoms with E-state index in [2.05, 4.69) is 10.3 Å². The minimum Gasteiger partial charge on any atom is -0.494 e. The highest BCUT2D eigenvalue weighted by Gasteiger charge is 2.20. The molecule has 0 amide bonds. The molecule has 1 heterocycles. The van der Waals surface area contributed by atoms with E-state index in [-0.39, 0.29) is 11.4 Å². The summed E-state index contributed by atoms with van der Waals surface area (Å²) in [4.78, 5) is 4.09. The van der Waals surface area contributed by atoms with Gasteiger partial charge in [-0.25, -0.2) is 8.78 Å². The van der Waals surface area contributed by atoms with Crippen molar-refractivity contribution < 1.29 is 13.5 Å². The summed E-state index contributed by atoms with van der Waals surface area (Å²) in [5.74, 6) is -0.730. The second-order valence-electron chi connectivity index (χ2n) is 4.65. The Morgan fingerprint density at radius 1 is 1.24 bits per heavy atom. The molecule has 0 aliphatic carbocycles. The molecular weight excluding hydrogens is 274 g/mol. The number of methoxy groups -OCH3 is 1. The molecule has 1 aromatic carbocycles. The van der Waals surface area contributed by atoms with E-state index in [1.807, 2.05) is 6.92 Å². The van der Waals surface area contributed by atoms with Crippen LogP contribution in [0.4, 0.5) is 8.78 Å². The summed E-state index contributed by atoms with van der Waals surface area (Å²) < 4.78 is 32.8. The number of rotatable bonds is 6. The first-order chi connectivity index (χ1) is 10.2. The monoisotopic (exact) mass is 292 g/mol. The quantitative estimate of drug-likeness (QED) is 0.885. The summed E-state index contributed by atoms with van der Waals surface area (Å²) in [6, 6.07) is 6.98. The Kier molecular flexibility index (Phi) is 5.22. The fourth-order valence-corrected chi connectivity index (χ4v) is 2.13. The third-order valence-corrected chi connectivity index (χ3v) is 3.17. The molecule has 0 saturated carbocycles. The number of ether oxygens (including phenoxy) is 1. The lowest BCUT2D eigenvalue weighted by Crippen LogP contribution is -2.25. The lowest BCUT2D eigenvalue weighted by atomic mass is 10.0. The molecule has 0 fully saturated rings. The van der Waals surface area contributed by atoms with Crippen molar-refractivity contribution >= 4 is 0 Å². The Labute approximate surface area is 123 Å². The second-order valence-corrected chi connectivity index (χ2v) is 4.65. The number of benzene rings is 1. The van der Waals surface area contributed by atoms with E-state index in [4.69, 9.17) is 4.74 Å². The van der Waals surface area contributed by atoms with Crippen LogP contribution < -0.4 is 10.1 Å². The van der Waals surface area contributed by atoms with Crippen LogP contribution in [0.1, 0.15) is 30.6 Å². The highest BCUT2D eigenvalue weighted by molar-refractivity contribution is 5.35. The van der Waals surface area contributed by atoms with Crippen molar-refractivity contribution in [1.29, 1.82) is 0 Å². The van der Waals surface area contributed by atoms with Gasteiger partial charge in [0.15, 0.2) is 11.6 Å². The highest BCUT2D eigenvalue weighted by Crippen LogP contribution is 2.26. The summed E-state index contributed by atoms with van der Waals surface area (Å²) >= 11 is 0. The first-order valence-corrected chi connectivity index (χ1v) is 6.84. The number of halogens is 2. The van der Waals surface area contributed by atoms with Crippen molar-refractivity contribution in [3.05, 3.63) is 59.4 Å². The molecule has 0 aliphatic heterocycles. The predicted molar refractivity (Wildman–Crippen MR) is 77.3 cm³/mol. The third kappa shape index (κ3) is 3.55. The molecule has 1 atom stereocenters. The van der Waals surface area contributed by atoms with Gasteiger partial charge < -0.3 is 10.1 Å². The van der Waals surface area contributed by atoms with E-state index in [1.165, 1.54) is 37.6 Å². The van der Waals surface area contributed by atoms with E-state index < -0.39 is 17.7 Å². The Morgan fingerprint density at radius 2 is 2.05 bits per heavy atom. The van der Waals surface area contributed by atoms with Gasteiger partial charge in [0, 0.05) is 6.20 Å². The second kappa shape index (κ2) is 7.13. The molecule has 21 heavy (non-hydrogen) atoms. The van der Waals surface area contributed by atoms with Crippen molar-refractivity contribution in [3.63, 3.8) is 0 Å². The van der Waals surface area contributed by atoms with Crippen LogP contribution in [0.15, 0.2) is 36.5 Å².